The Labute approximate surface area is 130 Å². The molecule has 2 nitrogen and oxygen atoms in total. The quantitative estimate of drug-likeness (QED) is 0.697. The van der Waals surface area contributed by atoms with Gasteiger partial charge in [-0.2, -0.15) is 0 Å². The van der Waals surface area contributed by atoms with Gasteiger partial charge in [0, 0.05) is 21.5 Å². The van der Waals surface area contributed by atoms with E-state index in [1.54, 1.807) is 11.3 Å². The normalized spacial score (nSPS) is 10.8. The van der Waals surface area contributed by atoms with E-state index in [1.165, 1.54) is 4.88 Å². The number of benzene rings is 1. The second kappa shape index (κ2) is 6.39. The molecule has 0 fully saturated rings. The van der Waals surface area contributed by atoms with Gasteiger partial charge in [0.25, 0.3) is 0 Å². The summed E-state index contributed by atoms with van der Waals surface area (Å²) in [6, 6.07) is 16.4. The van der Waals surface area contributed by atoms with E-state index in [2.05, 4.69) is 38.8 Å². The molecule has 1 aromatic carbocycles. The topological polar surface area (TPSA) is 25.2 Å². The van der Waals surface area contributed by atoms with Crippen molar-refractivity contribution in [1.29, 1.82) is 0 Å². The lowest BCUT2D eigenvalue weighted by molar-refractivity contribution is 0.494. The van der Waals surface area contributed by atoms with Gasteiger partial charge in [-0.3, -0.25) is 0 Å². The molecule has 0 aliphatic heterocycles. The lowest BCUT2D eigenvalue weighted by atomic mass is 10.2. The number of halogens is 1. The second-order valence-electron chi connectivity index (χ2n) is 4.46. The van der Waals surface area contributed by atoms with Crippen LogP contribution in [-0.2, 0) is 13.1 Å². The standard InChI is InChI=1S/C16H14BrNOS/c17-13-5-3-12(4-6-13)16-8-7-14(19-16)10-18-11-15-2-1-9-20-15/h1-9,18H,10-11H2. The maximum Gasteiger partial charge on any atom is 0.134 e. The predicted octanol–water partition coefficient (Wildman–Crippen LogP) is 5.06. The zero-order valence-corrected chi connectivity index (χ0v) is 13.2. The first kappa shape index (κ1) is 13.6. The fraction of sp³-hybridized carbons (Fsp3) is 0.125. The van der Waals surface area contributed by atoms with Crippen molar-refractivity contribution in [1.82, 2.24) is 5.32 Å². The molecule has 102 valence electrons. The van der Waals surface area contributed by atoms with E-state index in [9.17, 15) is 0 Å². The molecule has 0 spiro atoms. The summed E-state index contributed by atoms with van der Waals surface area (Å²) in [6.45, 7) is 1.63. The molecule has 20 heavy (non-hydrogen) atoms. The minimum atomic E-state index is 0.744. The van der Waals surface area contributed by atoms with Crippen LogP contribution in [0.3, 0.4) is 0 Å². The van der Waals surface area contributed by atoms with Gasteiger partial charge in [0.05, 0.1) is 6.54 Å². The summed E-state index contributed by atoms with van der Waals surface area (Å²) in [5.74, 6) is 1.87. The molecule has 0 saturated carbocycles. The fourth-order valence-corrected chi connectivity index (χ4v) is 2.90. The van der Waals surface area contributed by atoms with Crippen molar-refractivity contribution in [3.05, 3.63) is 69.0 Å². The van der Waals surface area contributed by atoms with E-state index in [4.69, 9.17) is 4.42 Å². The molecule has 0 bridgehead atoms. The van der Waals surface area contributed by atoms with E-state index < -0.39 is 0 Å². The first-order chi connectivity index (χ1) is 9.81. The fourth-order valence-electron chi connectivity index (χ4n) is 1.96. The minimum absolute atomic E-state index is 0.744. The lowest BCUT2D eigenvalue weighted by Crippen LogP contribution is -2.10. The van der Waals surface area contributed by atoms with Crippen molar-refractivity contribution in [3.63, 3.8) is 0 Å². The van der Waals surface area contributed by atoms with Gasteiger partial charge in [-0.05, 0) is 35.7 Å². The Bertz CT molecular complexity index is 658. The van der Waals surface area contributed by atoms with Crippen molar-refractivity contribution in [2.24, 2.45) is 0 Å². The average molecular weight is 348 g/mol. The van der Waals surface area contributed by atoms with Crippen molar-refractivity contribution >= 4 is 27.3 Å². The molecule has 2 aromatic heterocycles. The Morgan fingerprint density at radius 2 is 1.85 bits per heavy atom. The van der Waals surface area contributed by atoms with Gasteiger partial charge < -0.3 is 9.73 Å². The molecule has 1 N–H and O–H groups in total. The number of hydrogen-bond acceptors (Lipinski definition) is 3. The molecule has 4 heteroatoms. The Morgan fingerprint density at radius 3 is 2.60 bits per heavy atom. The van der Waals surface area contributed by atoms with Gasteiger partial charge in [-0.15, -0.1) is 11.3 Å². The number of thiophene rings is 1. The molecule has 0 radical (unpaired) electrons. The number of rotatable bonds is 5. The molecule has 0 aliphatic rings. The summed E-state index contributed by atoms with van der Waals surface area (Å²) in [6.07, 6.45) is 0. The zero-order chi connectivity index (χ0) is 13.8. The molecule has 0 amide bonds. The maximum atomic E-state index is 5.85. The Hall–Kier alpha value is -1.36. The molecule has 0 aliphatic carbocycles. The number of hydrogen-bond donors (Lipinski definition) is 1. The Morgan fingerprint density at radius 1 is 1.00 bits per heavy atom. The molecule has 0 saturated heterocycles. The molecule has 3 rings (SSSR count). The monoisotopic (exact) mass is 347 g/mol. The SMILES string of the molecule is Brc1ccc(-c2ccc(CNCc3cccs3)o2)cc1. The van der Waals surface area contributed by atoms with Crippen LogP contribution in [0.2, 0.25) is 0 Å². The van der Waals surface area contributed by atoms with Crippen LogP contribution in [0.5, 0.6) is 0 Å². The Kier molecular flexibility index (Phi) is 4.35. The molecule has 0 atom stereocenters. The highest BCUT2D eigenvalue weighted by molar-refractivity contribution is 9.10. The van der Waals surface area contributed by atoms with Crippen LogP contribution < -0.4 is 5.32 Å². The van der Waals surface area contributed by atoms with E-state index in [1.807, 2.05) is 36.4 Å². The molecular formula is C16H14BrNOS. The van der Waals surface area contributed by atoms with Gasteiger partial charge in [0.15, 0.2) is 0 Å². The number of nitrogens with one attached hydrogen (secondary N) is 1. The highest BCUT2D eigenvalue weighted by atomic mass is 79.9. The van der Waals surface area contributed by atoms with Crippen molar-refractivity contribution in [2.75, 3.05) is 0 Å². The molecule has 3 aromatic rings. The highest BCUT2D eigenvalue weighted by Gasteiger charge is 2.04. The summed E-state index contributed by atoms with van der Waals surface area (Å²) in [7, 11) is 0. The summed E-state index contributed by atoms with van der Waals surface area (Å²) >= 11 is 5.20. The third-order valence-corrected chi connectivity index (χ3v) is 4.37. The van der Waals surface area contributed by atoms with Crippen LogP contribution in [0.15, 0.2) is 62.8 Å². The van der Waals surface area contributed by atoms with E-state index >= 15 is 0 Å². The van der Waals surface area contributed by atoms with Crippen LogP contribution in [0.4, 0.5) is 0 Å². The summed E-state index contributed by atoms with van der Waals surface area (Å²) in [5, 5.41) is 5.48. The van der Waals surface area contributed by atoms with Gasteiger partial charge in [0.1, 0.15) is 11.5 Å². The van der Waals surface area contributed by atoms with Crippen LogP contribution in [0.25, 0.3) is 11.3 Å². The van der Waals surface area contributed by atoms with Gasteiger partial charge >= 0.3 is 0 Å². The third kappa shape index (κ3) is 3.39. The van der Waals surface area contributed by atoms with Crippen LogP contribution >= 0.6 is 27.3 Å². The first-order valence-corrected chi connectivity index (χ1v) is 8.06. The van der Waals surface area contributed by atoms with Crippen molar-refractivity contribution < 1.29 is 4.42 Å². The summed E-state index contributed by atoms with van der Waals surface area (Å²) in [5.41, 5.74) is 1.10. The predicted molar refractivity (Wildman–Crippen MR) is 86.7 cm³/mol. The van der Waals surface area contributed by atoms with Crippen LogP contribution in [0.1, 0.15) is 10.6 Å². The second-order valence-corrected chi connectivity index (χ2v) is 6.40. The Balaban J connectivity index is 1.60. The molecular weight excluding hydrogens is 334 g/mol. The van der Waals surface area contributed by atoms with Crippen molar-refractivity contribution in [3.8, 4) is 11.3 Å². The molecule has 2 heterocycles. The van der Waals surface area contributed by atoms with E-state index in [0.29, 0.717) is 0 Å². The van der Waals surface area contributed by atoms with E-state index in [-0.39, 0.29) is 0 Å². The van der Waals surface area contributed by atoms with E-state index in [0.717, 1.165) is 34.6 Å². The van der Waals surface area contributed by atoms with Gasteiger partial charge in [0.2, 0.25) is 0 Å². The largest absolute Gasteiger partial charge is 0.460 e. The van der Waals surface area contributed by atoms with Crippen LogP contribution in [0, 0.1) is 0 Å². The lowest BCUT2D eigenvalue weighted by Gasteiger charge is -2.01. The summed E-state index contributed by atoms with van der Waals surface area (Å²) < 4.78 is 6.93. The smallest absolute Gasteiger partial charge is 0.134 e. The van der Waals surface area contributed by atoms with Crippen molar-refractivity contribution in [2.45, 2.75) is 13.1 Å². The maximum absolute atomic E-state index is 5.85. The van der Waals surface area contributed by atoms with Crippen LogP contribution in [-0.4, -0.2) is 0 Å². The minimum Gasteiger partial charge on any atom is -0.460 e. The average Bonchev–Trinajstić information content (AvgIpc) is 3.11. The molecule has 0 unspecified atom stereocenters. The van der Waals surface area contributed by atoms with Gasteiger partial charge in [-0.25, -0.2) is 0 Å². The number of furan rings is 1. The zero-order valence-electron chi connectivity index (χ0n) is 10.8. The van der Waals surface area contributed by atoms with Gasteiger partial charge in [-0.1, -0.05) is 34.1 Å². The highest BCUT2D eigenvalue weighted by Crippen LogP contribution is 2.24. The third-order valence-electron chi connectivity index (χ3n) is 2.97. The summed E-state index contributed by atoms with van der Waals surface area (Å²) in [4.78, 5) is 1.34. The first-order valence-electron chi connectivity index (χ1n) is 6.39.